The lowest BCUT2D eigenvalue weighted by atomic mass is 9.81. The highest BCUT2D eigenvalue weighted by atomic mass is 79.9. The molecular weight excluding hydrogens is 326 g/mol. The van der Waals surface area contributed by atoms with Crippen LogP contribution in [-0.4, -0.2) is 27.1 Å². The Labute approximate surface area is 124 Å². The largest absolute Gasteiger partial charge is 0.481 e. The molecule has 3 rings (SSSR count). The van der Waals surface area contributed by atoms with Gasteiger partial charge in [-0.05, 0) is 41.6 Å². The van der Waals surface area contributed by atoms with Gasteiger partial charge in [0, 0.05) is 5.92 Å². The SMILES string of the molecule is NC1NC=Nn2c1c(Br)nc2[C@H]1CC[C@H](C(=O)O)CC1. The molecule has 0 aromatic carbocycles. The number of fused-ring (bicyclic) bond motifs is 1. The number of nitrogens with two attached hydrogens (primary N) is 1. The number of aliphatic carboxylic acids is 1. The highest BCUT2D eigenvalue weighted by Crippen LogP contribution is 2.37. The summed E-state index contributed by atoms with van der Waals surface area (Å²) in [6, 6.07) is 0. The van der Waals surface area contributed by atoms with Gasteiger partial charge in [0.2, 0.25) is 0 Å². The lowest BCUT2D eigenvalue weighted by molar-refractivity contribution is -0.142. The van der Waals surface area contributed by atoms with Crippen molar-refractivity contribution >= 4 is 28.2 Å². The Hall–Kier alpha value is -1.41. The van der Waals surface area contributed by atoms with E-state index in [1.54, 1.807) is 11.0 Å². The summed E-state index contributed by atoms with van der Waals surface area (Å²) < 4.78 is 2.47. The van der Waals surface area contributed by atoms with Crippen molar-refractivity contribution in [2.75, 3.05) is 0 Å². The molecular formula is C12H16BrN5O2. The Kier molecular flexibility index (Phi) is 3.51. The van der Waals surface area contributed by atoms with E-state index >= 15 is 0 Å². The third-order valence-electron chi connectivity index (χ3n) is 4.03. The van der Waals surface area contributed by atoms with Gasteiger partial charge < -0.3 is 16.2 Å². The molecule has 0 radical (unpaired) electrons. The molecule has 1 atom stereocenters. The number of imidazole rings is 1. The normalized spacial score (nSPS) is 28.8. The molecule has 0 bridgehead atoms. The summed E-state index contributed by atoms with van der Waals surface area (Å²) in [6.07, 6.45) is 4.24. The van der Waals surface area contributed by atoms with E-state index in [2.05, 4.69) is 31.3 Å². The number of aromatic nitrogens is 2. The summed E-state index contributed by atoms with van der Waals surface area (Å²) in [4.78, 5) is 15.5. The van der Waals surface area contributed by atoms with Gasteiger partial charge >= 0.3 is 5.97 Å². The molecule has 2 heterocycles. The molecule has 1 saturated carbocycles. The van der Waals surface area contributed by atoms with Crippen LogP contribution >= 0.6 is 15.9 Å². The van der Waals surface area contributed by atoms with Crippen LogP contribution in [0.4, 0.5) is 0 Å². The Morgan fingerprint density at radius 1 is 1.45 bits per heavy atom. The first-order valence-corrected chi connectivity index (χ1v) is 7.42. The van der Waals surface area contributed by atoms with Gasteiger partial charge in [-0.2, -0.15) is 5.10 Å². The second-order valence-electron chi connectivity index (χ2n) is 5.23. The molecule has 7 nitrogen and oxygen atoms in total. The number of carboxylic acid groups (broad SMARTS) is 1. The van der Waals surface area contributed by atoms with Crippen LogP contribution in [0.25, 0.3) is 0 Å². The summed E-state index contributed by atoms with van der Waals surface area (Å²) in [7, 11) is 0. The summed E-state index contributed by atoms with van der Waals surface area (Å²) >= 11 is 3.43. The molecule has 108 valence electrons. The third-order valence-corrected chi connectivity index (χ3v) is 4.62. The van der Waals surface area contributed by atoms with E-state index in [1.165, 1.54) is 0 Å². The molecule has 1 aromatic rings. The average Bonchev–Trinajstić information content (AvgIpc) is 2.77. The fraction of sp³-hybridized carbons (Fsp3) is 0.583. The topological polar surface area (TPSA) is 106 Å². The summed E-state index contributed by atoms with van der Waals surface area (Å²) in [5.74, 6) is 0.180. The van der Waals surface area contributed by atoms with Gasteiger partial charge in [0.15, 0.2) is 0 Å². The first-order valence-electron chi connectivity index (χ1n) is 6.63. The molecule has 1 aliphatic heterocycles. The van der Waals surface area contributed by atoms with Crippen molar-refractivity contribution in [1.82, 2.24) is 15.0 Å². The van der Waals surface area contributed by atoms with Crippen LogP contribution in [0.1, 0.15) is 49.3 Å². The van der Waals surface area contributed by atoms with Gasteiger partial charge in [-0.15, -0.1) is 0 Å². The van der Waals surface area contributed by atoms with E-state index in [9.17, 15) is 4.79 Å². The maximum absolute atomic E-state index is 11.0. The lowest BCUT2D eigenvalue weighted by Crippen LogP contribution is -2.33. The van der Waals surface area contributed by atoms with E-state index in [-0.39, 0.29) is 18.0 Å². The van der Waals surface area contributed by atoms with Crippen LogP contribution in [0.3, 0.4) is 0 Å². The number of nitrogens with zero attached hydrogens (tertiary/aromatic N) is 3. The zero-order valence-electron chi connectivity index (χ0n) is 10.8. The molecule has 0 amide bonds. The van der Waals surface area contributed by atoms with Crippen LogP contribution < -0.4 is 11.1 Å². The third kappa shape index (κ3) is 2.22. The predicted octanol–water partition coefficient (Wildman–Crippen LogP) is 1.36. The minimum absolute atomic E-state index is 0.224. The van der Waals surface area contributed by atoms with E-state index in [0.29, 0.717) is 17.4 Å². The summed E-state index contributed by atoms with van der Waals surface area (Å²) in [6.45, 7) is 0. The fourth-order valence-electron chi connectivity index (χ4n) is 2.91. The van der Waals surface area contributed by atoms with Crippen LogP contribution in [0.5, 0.6) is 0 Å². The maximum atomic E-state index is 11.0. The van der Waals surface area contributed by atoms with Crippen molar-refractivity contribution in [1.29, 1.82) is 0 Å². The zero-order valence-corrected chi connectivity index (χ0v) is 12.4. The van der Waals surface area contributed by atoms with Gasteiger partial charge in [-0.3, -0.25) is 4.79 Å². The standard InChI is InChI=1S/C12H16BrN5O2/c13-9-8-10(14)15-5-16-18(8)11(17-9)6-1-3-7(4-2-6)12(19)20/h5-7,10H,1-4,14H2,(H,15,16)(H,19,20)/t6-,7-,10?. The molecule has 4 N–H and O–H groups in total. The van der Waals surface area contributed by atoms with E-state index in [4.69, 9.17) is 10.8 Å². The maximum Gasteiger partial charge on any atom is 0.306 e. The average molecular weight is 342 g/mol. The Balaban J connectivity index is 1.85. The van der Waals surface area contributed by atoms with Crippen molar-refractivity contribution in [3.8, 4) is 0 Å². The number of carboxylic acids is 1. The van der Waals surface area contributed by atoms with Gasteiger partial charge in [0.1, 0.15) is 28.6 Å². The molecule has 20 heavy (non-hydrogen) atoms. The minimum Gasteiger partial charge on any atom is -0.481 e. The molecule has 0 saturated heterocycles. The quantitative estimate of drug-likeness (QED) is 0.752. The van der Waals surface area contributed by atoms with Crippen molar-refractivity contribution in [3.63, 3.8) is 0 Å². The van der Waals surface area contributed by atoms with Crippen LogP contribution in [0, 0.1) is 5.92 Å². The molecule has 1 unspecified atom stereocenters. The van der Waals surface area contributed by atoms with Crippen LogP contribution in [0.15, 0.2) is 9.70 Å². The monoisotopic (exact) mass is 341 g/mol. The smallest absolute Gasteiger partial charge is 0.306 e. The predicted molar refractivity (Wildman–Crippen MR) is 76.2 cm³/mol. The first-order chi connectivity index (χ1) is 9.58. The highest BCUT2D eigenvalue weighted by molar-refractivity contribution is 9.10. The van der Waals surface area contributed by atoms with E-state index in [1.807, 2.05) is 0 Å². The fourth-order valence-corrected chi connectivity index (χ4v) is 3.51. The Morgan fingerprint density at radius 2 is 2.15 bits per heavy atom. The Morgan fingerprint density at radius 3 is 2.80 bits per heavy atom. The van der Waals surface area contributed by atoms with Gasteiger partial charge in [0.05, 0.1) is 5.92 Å². The zero-order chi connectivity index (χ0) is 14.3. The van der Waals surface area contributed by atoms with E-state index < -0.39 is 5.97 Å². The van der Waals surface area contributed by atoms with Crippen LogP contribution in [0.2, 0.25) is 0 Å². The number of hydrogen-bond acceptors (Lipinski definition) is 5. The highest BCUT2D eigenvalue weighted by Gasteiger charge is 2.32. The molecule has 0 spiro atoms. The van der Waals surface area contributed by atoms with Crippen molar-refractivity contribution in [2.24, 2.45) is 16.8 Å². The lowest BCUT2D eigenvalue weighted by Gasteiger charge is -2.26. The number of hydrogen-bond donors (Lipinski definition) is 3. The van der Waals surface area contributed by atoms with Crippen LogP contribution in [-0.2, 0) is 4.79 Å². The van der Waals surface area contributed by atoms with E-state index in [0.717, 1.165) is 24.4 Å². The number of halogens is 1. The molecule has 1 fully saturated rings. The molecule has 1 aromatic heterocycles. The second kappa shape index (κ2) is 5.17. The summed E-state index contributed by atoms with van der Waals surface area (Å²) in [5, 5.41) is 16.3. The molecule has 8 heteroatoms. The number of carbonyl (C=O) groups is 1. The minimum atomic E-state index is -0.695. The van der Waals surface area contributed by atoms with Gasteiger partial charge in [-0.25, -0.2) is 9.66 Å². The summed E-state index contributed by atoms with van der Waals surface area (Å²) in [5.41, 5.74) is 6.79. The number of rotatable bonds is 2. The van der Waals surface area contributed by atoms with Crippen molar-refractivity contribution < 1.29 is 9.90 Å². The molecule has 1 aliphatic carbocycles. The van der Waals surface area contributed by atoms with Gasteiger partial charge in [0.25, 0.3) is 0 Å². The first kappa shape index (κ1) is 13.6. The second-order valence-corrected chi connectivity index (χ2v) is 5.98. The van der Waals surface area contributed by atoms with Crippen molar-refractivity contribution in [3.05, 3.63) is 16.1 Å². The molecule has 2 aliphatic rings. The van der Waals surface area contributed by atoms with Crippen molar-refractivity contribution in [2.45, 2.75) is 37.8 Å². The Bertz CT molecular complexity index is 562. The number of nitrogens with one attached hydrogen (secondary N) is 1. The van der Waals surface area contributed by atoms with Gasteiger partial charge in [-0.1, -0.05) is 0 Å².